The Morgan fingerprint density at radius 3 is 2.91 bits per heavy atom. The molecule has 0 saturated carbocycles. The van der Waals surface area contributed by atoms with Gasteiger partial charge in [0.1, 0.15) is 4.83 Å². The zero-order valence-electron chi connectivity index (χ0n) is 11.7. The van der Waals surface area contributed by atoms with Gasteiger partial charge in [-0.25, -0.2) is 4.98 Å². The molecular formula is C16H13BrN2OS2. The lowest BCUT2D eigenvalue weighted by Gasteiger charge is -2.02. The van der Waals surface area contributed by atoms with Crippen molar-refractivity contribution in [3.05, 3.63) is 55.1 Å². The van der Waals surface area contributed by atoms with Crippen LogP contribution in [0.2, 0.25) is 0 Å². The van der Waals surface area contributed by atoms with Crippen molar-refractivity contribution in [3.63, 3.8) is 0 Å². The van der Waals surface area contributed by atoms with Gasteiger partial charge in [0.2, 0.25) is 0 Å². The molecule has 3 aromatic rings. The van der Waals surface area contributed by atoms with Crippen LogP contribution in [0.15, 0.2) is 38.7 Å². The summed E-state index contributed by atoms with van der Waals surface area (Å²) in [4.78, 5) is 22.2. The van der Waals surface area contributed by atoms with Crippen molar-refractivity contribution in [3.8, 4) is 0 Å². The van der Waals surface area contributed by atoms with Gasteiger partial charge in [-0.3, -0.25) is 4.79 Å². The summed E-state index contributed by atoms with van der Waals surface area (Å²) in [6.45, 7) is 0. The number of nitrogens with zero attached hydrogens (tertiary/aromatic N) is 1. The second-order valence-electron chi connectivity index (χ2n) is 5.32. The van der Waals surface area contributed by atoms with Crippen LogP contribution in [-0.2, 0) is 18.6 Å². The fourth-order valence-electron chi connectivity index (χ4n) is 2.78. The second-order valence-corrected chi connectivity index (χ2v) is 8.29. The predicted molar refractivity (Wildman–Crippen MR) is 96.0 cm³/mol. The molecule has 112 valence electrons. The normalized spacial score (nSPS) is 13.7. The minimum absolute atomic E-state index is 0.0164. The van der Waals surface area contributed by atoms with Crippen molar-refractivity contribution in [2.24, 2.45) is 0 Å². The number of benzene rings is 1. The molecule has 2 aromatic heterocycles. The Hall–Kier alpha value is -1.11. The highest BCUT2D eigenvalue weighted by Crippen LogP contribution is 2.35. The molecule has 1 aliphatic rings. The number of H-pyrrole nitrogens is 1. The van der Waals surface area contributed by atoms with Gasteiger partial charge < -0.3 is 4.98 Å². The van der Waals surface area contributed by atoms with Gasteiger partial charge in [-0.15, -0.1) is 11.3 Å². The fraction of sp³-hybridized carbons (Fsp3) is 0.250. The van der Waals surface area contributed by atoms with Crippen LogP contribution in [0.4, 0.5) is 0 Å². The van der Waals surface area contributed by atoms with E-state index in [-0.39, 0.29) is 5.56 Å². The van der Waals surface area contributed by atoms with Gasteiger partial charge in [0.15, 0.2) is 5.16 Å². The molecular weight excluding hydrogens is 380 g/mol. The number of fused-ring (bicyclic) bond motifs is 3. The van der Waals surface area contributed by atoms with Gasteiger partial charge in [0.05, 0.1) is 5.39 Å². The van der Waals surface area contributed by atoms with Crippen LogP contribution in [-0.4, -0.2) is 9.97 Å². The third-order valence-corrected chi connectivity index (χ3v) is 6.50. The first-order valence-electron chi connectivity index (χ1n) is 7.12. The molecule has 2 heterocycles. The number of thioether (sulfide) groups is 1. The molecule has 6 heteroatoms. The minimum atomic E-state index is 0.0164. The molecule has 1 aliphatic carbocycles. The van der Waals surface area contributed by atoms with Crippen molar-refractivity contribution in [2.45, 2.75) is 30.2 Å². The third kappa shape index (κ3) is 2.64. The Kier molecular flexibility index (Phi) is 3.84. The van der Waals surface area contributed by atoms with Crippen LogP contribution in [0.25, 0.3) is 10.2 Å². The van der Waals surface area contributed by atoms with Crippen LogP contribution in [0.5, 0.6) is 0 Å². The highest BCUT2D eigenvalue weighted by Gasteiger charge is 2.21. The molecule has 0 bridgehead atoms. The molecule has 0 amide bonds. The highest BCUT2D eigenvalue weighted by atomic mass is 79.9. The molecule has 0 saturated heterocycles. The second kappa shape index (κ2) is 5.83. The maximum Gasteiger partial charge on any atom is 0.260 e. The zero-order chi connectivity index (χ0) is 15.1. The number of halogens is 1. The smallest absolute Gasteiger partial charge is 0.260 e. The molecule has 0 spiro atoms. The molecule has 22 heavy (non-hydrogen) atoms. The van der Waals surface area contributed by atoms with Gasteiger partial charge in [0, 0.05) is 15.1 Å². The van der Waals surface area contributed by atoms with Gasteiger partial charge in [-0.1, -0.05) is 39.8 Å². The first-order chi connectivity index (χ1) is 10.7. The largest absolute Gasteiger partial charge is 0.301 e. The standard InChI is InChI=1S/C16H13BrN2OS2/c17-10-6-4-9(5-7-10)8-21-16-18-14(20)13-11-2-1-3-12(11)22-15(13)19-16/h4-7H,1-3,8H2,(H,18,19,20). The first-order valence-corrected chi connectivity index (χ1v) is 9.72. The molecule has 4 rings (SSSR count). The monoisotopic (exact) mass is 392 g/mol. The maximum absolute atomic E-state index is 12.4. The SMILES string of the molecule is O=c1[nH]c(SCc2ccc(Br)cc2)nc2sc3c(c12)CCC3. The Labute approximate surface area is 144 Å². The lowest BCUT2D eigenvalue weighted by molar-refractivity contribution is 0.914. The van der Waals surface area contributed by atoms with Crippen molar-refractivity contribution in [1.29, 1.82) is 0 Å². The first kappa shape index (κ1) is 14.5. The van der Waals surface area contributed by atoms with Gasteiger partial charge >= 0.3 is 0 Å². The Bertz CT molecular complexity index is 899. The highest BCUT2D eigenvalue weighted by molar-refractivity contribution is 9.10. The Balaban J connectivity index is 1.63. The summed E-state index contributed by atoms with van der Waals surface area (Å²) in [5.74, 6) is 0.798. The summed E-state index contributed by atoms with van der Waals surface area (Å²) >= 11 is 6.70. The van der Waals surface area contributed by atoms with Crippen LogP contribution in [0.3, 0.4) is 0 Å². The molecule has 0 atom stereocenters. The van der Waals surface area contributed by atoms with E-state index in [0.29, 0.717) is 5.16 Å². The average Bonchev–Trinajstić information content (AvgIpc) is 3.06. The summed E-state index contributed by atoms with van der Waals surface area (Å²) in [5, 5.41) is 1.53. The lowest BCUT2D eigenvalue weighted by Crippen LogP contribution is -2.09. The predicted octanol–water partition coefficient (Wildman–Crippen LogP) is 4.53. The number of thiophene rings is 1. The van der Waals surface area contributed by atoms with Crippen LogP contribution >= 0.6 is 39.0 Å². The number of hydrogen-bond acceptors (Lipinski definition) is 4. The molecule has 0 unspecified atom stereocenters. The number of nitrogens with one attached hydrogen (secondary N) is 1. The Morgan fingerprint density at radius 1 is 1.27 bits per heavy atom. The molecule has 0 aliphatic heterocycles. The fourth-order valence-corrected chi connectivity index (χ4v) is 5.18. The topological polar surface area (TPSA) is 45.8 Å². The van der Waals surface area contributed by atoms with Gasteiger partial charge in [-0.2, -0.15) is 0 Å². The summed E-state index contributed by atoms with van der Waals surface area (Å²) in [6.07, 6.45) is 3.28. The molecule has 1 aromatic carbocycles. The minimum Gasteiger partial charge on any atom is -0.301 e. The zero-order valence-corrected chi connectivity index (χ0v) is 14.9. The van der Waals surface area contributed by atoms with E-state index in [4.69, 9.17) is 0 Å². The Morgan fingerprint density at radius 2 is 2.09 bits per heavy atom. The lowest BCUT2D eigenvalue weighted by atomic mass is 10.2. The number of aromatic nitrogens is 2. The van der Waals surface area contributed by atoms with Crippen LogP contribution in [0, 0.1) is 0 Å². The van der Waals surface area contributed by atoms with E-state index in [9.17, 15) is 4.79 Å². The van der Waals surface area contributed by atoms with Crippen molar-refractivity contribution in [2.75, 3.05) is 0 Å². The van der Waals surface area contributed by atoms with E-state index in [1.165, 1.54) is 16.0 Å². The summed E-state index contributed by atoms with van der Waals surface area (Å²) in [5.41, 5.74) is 2.46. The summed E-state index contributed by atoms with van der Waals surface area (Å²) in [6, 6.07) is 8.21. The quantitative estimate of drug-likeness (QED) is 0.525. The van der Waals surface area contributed by atoms with Crippen LogP contribution < -0.4 is 5.56 Å². The number of aryl methyl sites for hydroxylation is 2. The number of aromatic amines is 1. The van der Waals surface area contributed by atoms with Gasteiger partial charge in [0.25, 0.3) is 5.56 Å². The number of rotatable bonds is 3. The van der Waals surface area contributed by atoms with Crippen LogP contribution in [0.1, 0.15) is 22.4 Å². The third-order valence-electron chi connectivity index (χ3n) is 3.84. The van der Waals surface area contributed by atoms with Crippen molar-refractivity contribution < 1.29 is 0 Å². The van der Waals surface area contributed by atoms with E-state index in [0.717, 1.165) is 39.7 Å². The maximum atomic E-state index is 12.4. The van der Waals surface area contributed by atoms with Gasteiger partial charge in [-0.05, 0) is 42.5 Å². The van der Waals surface area contributed by atoms with E-state index >= 15 is 0 Å². The summed E-state index contributed by atoms with van der Waals surface area (Å²) < 4.78 is 1.07. The van der Waals surface area contributed by atoms with E-state index in [1.807, 2.05) is 12.1 Å². The molecule has 0 fully saturated rings. The molecule has 1 N–H and O–H groups in total. The van der Waals surface area contributed by atoms with Crippen molar-refractivity contribution >= 4 is 49.2 Å². The summed E-state index contributed by atoms with van der Waals surface area (Å²) in [7, 11) is 0. The van der Waals surface area contributed by atoms with Crippen molar-refractivity contribution in [1.82, 2.24) is 9.97 Å². The van der Waals surface area contributed by atoms with E-state index in [2.05, 4.69) is 38.0 Å². The molecule has 3 nitrogen and oxygen atoms in total. The average molecular weight is 393 g/mol. The number of hydrogen-bond donors (Lipinski definition) is 1. The molecule has 0 radical (unpaired) electrons. The van der Waals surface area contributed by atoms with E-state index < -0.39 is 0 Å². The van der Waals surface area contributed by atoms with E-state index in [1.54, 1.807) is 23.1 Å².